The number of hydrogen-bond donors (Lipinski definition) is 0. The van der Waals surface area contributed by atoms with E-state index >= 15 is 0 Å². The topological polar surface area (TPSA) is 112 Å². The molecule has 0 aliphatic carbocycles. The Morgan fingerprint density at radius 2 is 1.10 bits per heavy atom. The molecule has 0 saturated carbocycles. The molecule has 7 nitrogen and oxygen atoms in total. The van der Waals surface area contributed by atoms with Crippen molar-refractivity contribution < 1.29 is 43.8 Å². The first-order chi connectivity index (χ1) is 10.1. The summed E-state index contributed by atoms with van der Waals surface area (Å²) in [5.74, 6) is 0. The average Bonchev–Trinajstić information content (AvgIpc) is 2.56. The minimum absolute atomic E-state index is 0.363. The fourth-order valence-electron chi connectivity index (χ4n) is 1.44. The summed E-state index contributed by atoms with van der Waals surface area (Å²) in [5.41, 5.74) is 0. The van der Waals surface area contributed by atoms with E-state index < -0.39 is 0 Å². The predicted octanol–water partition coefficient (Wildman–Crippen LogP) is 0.605. The molecule has 1 aliphatic rings. The Balaban J connectivity index is -0.0000000727. The maximum atomic E-state index is 7.50. The van der Waals surface area contributed by atoms with Crippen molar-refractivity contribution in [1.29, 1.82) is 0 Å². The Bertz CT molecular complexity index is 289. The second kappa shape index (κ2) is 31.4. The fourth-order valence-corrected chi connectivity index (χ4v) is 1.67. The van der Waals surface area contributed by atoms with Crippen LogP contribution in [0.25, 0.3) is 0 Å². The molecule has 0 aromatic rings. The second-order valence-electron chi connectivity index (χ2n) is 3.18. The Morgan fingerprint density at radius 3 is 1.29 bits per heavy atom. The van der Waals surface area contributed by atoms with Crippen molar-refractivity contribution in [2.24, 2.45) is 0 Å². The van der Waals surface area contributed by atoms with Crippen molar-refractivity contribution in [1.82, 2.24) is 4.90 Å². The van der Waals surface area contributed by atoms with E-state index in [1.165, 1.54) is 4.50 Å². The molecular weight excluding hydrogens is 318 g/mol. The van der Waals surface area contributed by atoms with Crippen LogP contribution in [0.2, 0.25) is 0 Å². The molecule has 1 heterocycles. The zero-order valence-electron chi connectivity index (χ0n) is 11.9. The third kappa shape index (κ3) is 24.4. The average molecular weight is 333 g/mol. The van der Waals surface area contributed by atoms with E-state index in [9.17, 15) is 0 Å². The Morgan fingerprint density at radius 1 is 0.857 bits per heavy atom. The summed E-state index contributed by atoms with van der Waals surface area (Å²) in [7, 11) is 0. The number of nitrogens with zero attached hydrogens (tertiary/aromatic N) is 1. The van der Waals surface area contributed by atoms with Crippen LogP contribution in [0.15, 0.2) is 0 Å². The van der Waals surface area contributed by atoms with Crippen LogP contribution in [0.3, 0.4) is 0 Å². The summed E-state index contributed by atoms with van der Waals surface area (Å²) in [6.07, 6.45) is 0.726. The molecule has 1 fully saturated rings. The van der Waals surface area contributed by atoms with Crippen LogP contribution in [0.1, 0.15) is 20.8 Å². The summed E-state index contributed by atoms with van der Waals surface area (Å²) in [5, 5.41) is 0. The van der Waals surface area contributed by atoms with Gasteiger partial charge in [0, 0.05) is 0 Å². The van der Waals surface area contributed by atoms with Gasteiger partial charge in [0.25, 0.3) is 0 Å². The molecule has 0 N–H and O–H groups in total. The molecular formula is C13H15CrNO6. The summed E-state index contributed by atoms with van der Waals surface area (Å²) < 4.78 is 44.4. The third-order valence-electron chi connectivity index (χ3n) is 1.86. The molecule has 1 rings (SSSR count). The van der Waals surface area contributed by atoms with E-state index in [2.05, 4.69) is 74.8 Å². The van der Waals surface area contributed by atoms with Gasteiger partial charge in [-0.05, 0) is 0 Å². The SMILES string of the molecule is C[C](=[Cr])N1C[C@H](C)O[C@@H](C)C1.[C-]#[O+].[C-]#[O+].[C-]#[O+].[C-]#[O+].[C-]#[O+]. The number of rotatable bonds is 1. The first-order valence-corrected chi connectivity index (χ1v) is 5.66. The third-order valence-corrected chi connectivity index (χ3v) is 2.27. The summed E-state index contributed by atoms with van der Waals surface area (Å²) in [4.78, 5) is 2.33. The van der Waals surface area contributed by atoms with Gasteiger partial charge in [-0.3, -0.25) is 0 Å². The molecule has 0 spiro atoms. The summed E-state index contributed by atoms with van der Waals surface area (Å²) >= 11 is 3.04. The van der Waals surface area contributed by atoms with Crippen molar-refractivity contribution >= 4 is 4.50 Å². The van der Waals surface area contributed by atoms with E-state index in [-0.39, 0.29) is 0 Å². The van der Waals surface area contributed by atoms with E-state index in [1.54, 1.807) is 0 Å². The molecule has 21 heavy (non-hydrogen) atoms. The van der Waals surface area contributed by atoms with Gasteiger partial charge in [0.1, 0.15) is 0 Å². The van der Waals surface area contributed by atoms with Crippen molar-refractivity contribution in [2.45, 2.75) is 33.0 Å². The minimum atomic E-state index is 0.363. The van der Waals surface area contributed by atoms with Gasteiger partial charge in [0.05, 0.1) is 0 Å². The first-order valence-electron chi connectivity index (χ1n) is 5.02. The molecule has 1 aliphatic heterocycles. The van der Waals surface area contributed by atoms with E-state index in [1.807, 2.05) is 0 Å². The summed E-state index contributed by atoms with van der Waals surface area (Å²) in [6, 6.07) is 0. The number of ether oxygens (including phenoxy) is 1. The molecule has 8 heteroatoms. The monoisotopic (exact) mass is 333 g/mol. The van der Waals surface area contributed by atoms with Crippen LogP contribution < -0.4 is 0 Å². The normalized spacial score (nSPS) is 18.1. The Labute approximate surface area is 133 Å². The zero-order valence-corrected chi connectivity index (χ0v) is 13.1. The Hall–Kier alpha value is -0.978. The maximum absolute atomic E-state index is 7.50. The molecule has 0 unspecified atom stereocenters. The van der Waals surface area contributed by atoms with Gasteiger partial charge in [-0.15, -0.1) is 0 Å². The molecule has 0 aromatic heterocycles. The quantitative estimate of drug-likeness (QED) is 0.517. The van der Waals surface area contributed by atoms with Crippen molar-refractivity contribution in [2.75, 3.05) is 13.1 Å². The van der Waals surface area contributed by atoms with Gasteiger partial charge in [-0.25, -0.2) is 0 Å². The van der Waals surface area contributed by atoms with Crippen LogP contribution in [0.5, 0.6) is 0 Å². The van der Waals surface area contributed by atoms with Gasteiger partial charge in [0.15, 0.2) is 0 Å². The zero-order chi connectivity index (χ0) is 18.4. The van der Waals surface area contributed by atoms with Gasteiger partial charge in [-0.2, -0.15) is 0 Å². The van der Waals surface area contributed by atoms with Crippen LogP contribution >= 0.6 is 0 Å². The van der Waals surface area contributed by atoms with Gasteiger partial charge in [-0.1, -0.05) is 0 Å². The molecule has 0 radical (unpaired) electrons. The second-order valence-corrected chi connectivity index (χ2v) is 4.10. The summed E-state index contributed by atoms with van der Waals surface area (Å²) in [6.45, 7) is 30.9. The van der Waals surface area contributed by atoms with E-state index in [4.69, 9.17) is 28.0 Å². The Kier molecular flexibility index (Phi) is 48.0. The standard InChI is InChI=1S/C8H15NO.5CO.Cr/c1-4-9-5-7(2)10-8(3)6-9;5*1-2;/h7-8H,5-6H2,1-3H3;;;;;;/t7-,8-;;;;;;/m0....../s1. The molecule has 1 saturated heterocycles. The van der Waals surface area contributed by atoms with Crippen LogP contribution in [-0.4, -0.2) is 34.7 Å². The fraction of sp³-hybridized carbons (Fsp3) is 0.538. The number of morpholine rings is 1. The first kappa shape index (κ1) is 32.1. The van der Waals surface area contributed by atoms with Crippen molar-refractivity contribution in [3.05, 3.63) is 33.3 Å². The van der Waals surface area contributed by atoms with Crippen molar-refractivity contribution in [3.63, 3.8) is 0 Å². The van der Waals surface area contributed by atoms with Gasteiger partial charge >= 0.3 is 133 Å². The van der Waals surface area contributed by atoms with Gasteiger partial charge in [0.2, 0.25) is 0 Å². The molecule has 0 aromatic carbocycles. The van der Waals surface area contributed by atoms with Crippen LogP contribution in [0, 0.1) is 33.3 Å². The molecule has 0 bridgehead atoms. The van der Waals surface area contributed by atoms with Crippen LogP contribution in [-0.2, 0) is 43.8 Å². The predicted molar refractivity (Wildman–Crippen MR) is 61.9 cm³/mol. The number of hydrogen-bond acceptors (Lipinski definition) is 2. The van der Waals surface area contributed by atoms with E-state index in [0.717, 1.165) is 13.1 Å². The molecule has 114 valence electrons. The van der Waals surface area contributed by atoms with Gasteiger partial charge < -0.3 is 0 Å². The van der Waals surface area contributed by atoms with Crippen molar-refractivity contribution in [3.8, 4) is 0 Å². The van der Waals surface area contributed by atoms with E-state index in [0.29, 0.717) is 12.2 Å². The van der Waals surface area contributed by atoms with Crippen LogP contribution in [0.4, 0.5) is 0 Å². The molecule has 2 atom stereocenters. The molecule has 0 amide bonds.